The molecule has 0 aliphatic carbocycles. The third-order valence-corrected chi connectivity index (χ3v) is 4.87. The van der Waals surface area contributed by atoms with E-state index in [1.165, 1.54) is 6.08 Å². The van der Waals surface area contributed by atoms with Crippen LogP contribution in [0.4, 0.5) is 0 Å². The molecule has 6 nitrogen and oxygen atoms in total. The molecule has 2 aliphatic rings. The van der Waals surface area contributed by atoms with Crippen LogP contribution in [-0.2, 0) is 9.53 Å². The van der Waals surface area contributed by atoms with E-state index in [2.05, 4.69) is 17.1 Å². The smallest absolute Gasteiger partial charge is 0.244 e. The Morgan fingerprint density at radius 1 is 1.28 bits per heavy atom. The number of carbonyl (C=O) groups excluding carboxylic acids is 1. The van der Waals surface area contributed by atoms with Crippen LogP contribution in [0.5, 0.6) is 11.5 Å². The van der Waals surface area contributed by atoms with Crippen molar-refractivity contribution in [1.82, 2.24) is 10.2 Å². The molecule has 136 valence electrons. The number of ether oxygens (including phenoxy) is 3. The van der Waals surface area contributed by atoms with Gasteiger partial charge >= 0.3 is 0 Å². The highest BCUT2D eigenvalue weighted by Crippen LogP contribution is 2.40. The van der Waals surface area contributed by atoms with Crippen LogP contribution in [0.25, 0.3) is 6.08 Å². The largest absolute Gasteiger partial charge is 0.454 e. The summed E-state index contributed by atoms with van der Waals surface area (Å²) in [5.41, 5.74) is 0.790. The van der Waals surface area contributed by atoms with E-state index in [0.717, 1.165) is 31.9 Å². The number of amides is 1. The molecule has 1 aromatic rings. The first-order valence-corrected chi connectivity index (χ1v) is 8.82. The highest BCUT2D eigenvalue weighted by atomic mass is 35.5. The second-order valence-corrected chi connectivity index (χ2v) is 6.66. The molecule has 0 radical (unpaired) electrons. The Morgan fingerprint density at radius 2 is 2.04 bits per heavy atom. The van der Waals surface area contributed by atoms with Crippen molar-refractivity contribution in [2.45, 2.75) is 25.9 Å². The molecule has 1 saturated heterocycles. The lowest BCUT2D eigenvalue weighted by atomic mass is 10.1. The molecule has 2 atom stereocenters. The van der Waals surface area contributed by atoms with E-state index in [1.54, 1.807) is 18.2 Å². The number of rotatable bonds is 5. The molecular weight excluding hydrogens is 344 g/mol. The van der Waals surface area contributed by atoms with E-state index in [1.807, 2.05) is 6.92 Å². The highest BCUT2D eigenvalue weighted by Gasteiger charge is 2.23. The maximum Gasteiger partial charge on any atom is 0.244 e. The van der Waals surface area contributed by atoms with Gasteiger partial charge in [-0.15, -0.1) is 0 Å². The number of carbonyl (C=O) groups is 1. The molecule has 1 fully saturated rings. The van der Waals surface area contributed by atoms with E-state index in [0.29, 0.717) is 16.5 Å². The van der Waals surface area contributed by atoms with Gasteiger partial charge in [0, 0.05) is 31.2 Å². The summed E-state index contributed by atoms with van der Waals surface area (Å²) >= 11 is 6.15. The average Bonchev–Trinajstić information content (AvgIpc) is 3.09. The molecule has 2 heterocycles. The van der Waals surface area contributed by atoms with E-state index in [-0.39, 0.29) is 24.8 Å². The van der Waals surface area contributed by atoms with Gasteiger partial charge in [0.2, 0.25) is 12.7 Å². The fourth-order valence-corrected chi connectivity index (χ4v) is 3.22. The van der Waals surface area contributed by atoms with Gasteiger partial charge in [0.15, 0.2) is 11.5 Å². The lowest BCUT2D eigenvalue weighted by molar-refractivity contribution is -0.117. The predicted octanol–water partition coefficient (Wildman–Crippen LogP) is 2.31. The topological polar surface area (TPSA) is 60.0 Å². The summed E-state index contributed by atoms with van der Waals surface area (Å²) in [5, 5.41) is 3.49. The number of halogens is 1. The van der Waals surface area contributed by atoms with Gasteiger partial charge in [-0.05, 0) is 37.6 Å². The number of hydrogen-bond acceptors (Lipinski definition) is 5. The van der Waals surface area contributed by atoms with Gasteiger partial charge in [0.1, 0.15) is 0 Å². The Labute approximate surface area is 152 Å². The minimum absolute atomic E-state index is 0.0376. The Balaban J connectivity index is 1.56. The van der Waals surface area contributed by atoms with Crippen molar-refractivity contribution in [3.05, 3.63) is 28.8 Å². The van der Waals surface area contributed by atoms with Crippen LogP contribution in [0, 0.1) is 0 Å². The lowest BCUT2D eigenvalue weighted by Gasteiger charge is -2.35. The second-order valence-electron chi connectivity index (χ2n) is 6.26. The van der Waals surface area contributed by atoms with Crippen molar-refractivity contribution in [1.29, 1.82) is 0 Å². The van der Waals surface area contributed by atoms with Crippen LogP contribution in [-0.4, -0.2) is 56.0 Å². The minimum Gasteiger partial charge on any atom is -0.454 e. The summed E-state index contributed by atoms with van der Waals surface area (Å²) in [4.78, 5) is 14.5. The summed E-state index contributed by atoms with van der Waals surface area (Å²) in [6.07, 6.45) is 3.23. The van der Waals surface area contributed by atoms with E-state index >= 15 is 0 Å². The summed E-state index contributed by atoms with van der Waals surface area (Å²) < 4.78 is 16.0. The van der Waals surface area contributed by atoms with Crippen LogP contribution < -0.4 is 14.8 Å². The molecule has 2 unspecified atom stereocenters. The normalized spacial score (nSPS) is 19.8. The molecule has 0 saturated carbocycles. The van der Waals surface area contributed by atoms with E-state index in [4.69, 9.17) is 25.8 Å². The third kappa shape index (κ3) is 4.45. The van der Waals surface area contributed by atoms with Crippen molar-refractivity contribution in [3.63, 3.8) is 0 Å². The fraction of sp³-hybridized carbons (Fsp3) is 0.500. The summed E-state index contributed by atoms with van der Waals surface area (Å²) in [6, 6.07) is 3.84. The monoisotopic (exact) mass is 366 g/mol. The van der Waals surface area contributed by atoms with Gasteiger partial charge in [-0.2, -0.15) is 0 Å². The van der Waals surface area contributed by atoms with Crippen LogP contribution in [0.3, 0.4) is 0 Å². The van der Waals surface area contributed by atoms with Crippen LogP contribution in [0.15, 0.2) is 18.2 Å². The average molecular weight is 367 g/mol. The molecule has 25 heavy (non-hydrogen) atoms. The quantitative estimate of drug-likeness (QED) is 0.810. The standard InChI is InChI=1S/C18H23ClN2O4/c1-12(13(2)21-5-7-23-8-6-21)20-17(22)4-3-14-9-15(19)18-16(10-14)24-11-25-18/h3-4,9-10,12-13H,5-8,11H2,1-2H3,(H,20,22). The van der Waals surface area contributed by atoms with Crippen molar-refractivity contribution < 1.29 is 19.0 Å². The molecule has 1 amide bonds. The SMILES string of the molecule is CC(NC(=O)C=Cc1cc(Cl)c2c(c1)OCO2)C(C)N1CCOCC1. The Morgan fingerprint density at radius 3 is 2.80 bits per heavy atom. The van der Waals surface area contributed by atoms with Gasteiger partial charge < -0.3 is 19.5 Å². The van der Waals surface area contributed by atoms with Crippen molar-refractivity contribution in [3.8, 4) is 11.5 Å². The Hall–Kier alpha value is -1.76. The molecule has 7 heteroatoms. The molecule has 0 bridgehead atoms. The summed E-state index contributed by atoms with van der Waals surface area (Å²) in [5.74, 6) is 1.01. The maximum absolute atomic E-state index is 12.2. The Kier molecular flexibility index (Phi) is 5.83. The zero-order valence-corrected chi connectivity index (χ0v) is 15.2. The number of benzene rings is 1. The highest BCUT2D eigenvalue weighted by molar-refractivity contribution is 6.32. The number of morpholine rings is 1. The lowest BCUT2D eigenvalue weighted by Crippen LogP contribution is -2.51. The summed E-state index contributed by atoms with van der Waals surface area (Å²) in [6.45, 7) is 7.59. The first-order valence-electron chi connectivity index (χ1n) is 8.44. The molecule has 1 aromatic carbocycles. The number of fused-ring (bicyclic) bond motifs is 1. The third-order valence-electron chi connectivity index (χ3n) is 4.59. The van der Waals surface area contributed by atoms with Gasteiger partial charge in [-0.25, -0.2) is 0 Å². The number of nitrogens with one attached hydrogen (secondary N) is 1. The maximum atomic E-state index is 12.2. The van der Waals surface area contributed by atoms with Crippen LogP contribution >= 0.6 is 11.6 Å². The minimum atomic E-state index is -0.138. The molecule has 0 aromatic heterocycles. The first-order chi connectivity index (χ1) is 12.0. The zero-order valence-electron chi connectivity index (χ0n) is 14.5. The molecular formula is C18H23ClN2O4. The van der Waals surface area contributed by atoms with Gasteiger partial charge in [0.05, 0.1) is 18.2 Å². The van der Waals surface area contributed by atoms with Gasteiger partial charge in [-0.1, -0.05) is 11.6 Å². The fourth-order valence-electron chi connectivity index (χ4n) is 2.95. The Bertz CT molecular complexity index is 659. The van der Waals surface area contributed by atoms with Crippen molar-refractivity contribution in [2.75, 3.05) is 33.1 Å². The van der Waals surface area contributed by atoms with E-state index in [9.17, 15) is 4.79 Å². The predicted molar refractivity (Wildman–Crippen MR) is 96.1 cm³/mol. The molecule has 0 spiro atoms. The van der Waals surface area contributed by atoms with E-state index < -0.39 is 0 Å². The van der Waals surface area contributed by atoms with Crippen molar-refractivity contribution in [2.24, 2.45) is 0 Å². The molecule has 1 N–H and O–H groups in total. The second kappa shape index (κ2) is 8.08. The van der Waals surface area contributed by atoms with Crippen molar-refractivity contribution >= 4 is 23.6 Å². The van der Waals surface area contributed by atoms with Gasteiger partial charge in [-0.3, -0.25) is 9.69 Å². The number of hydrogen-bond donors (Lipinski definition) is 1. The zero-order chi connectivity index (χ0) is 17.8. The molecule has 3 rings (SSSR count). The van der Waals surface area contributed by atoms with Crippen LogP contribution in [0.1, 0.15) is 19.4 Å². The van der Waals surface area contributed by atoms with Gasteiger partial charge in [0.25, 0.3) is 0 Å². The van der Waals surface area contributed by atoms with Crippen LogP contribution in [0.2, 0.25) is 5.02 Å². The summed E-state index contributed by atoms with van der Waals surface area (Å²) in [7, 11) is 0. The first kappa shape index (κ1) is 18.0. The molecule has 2 aliphatic heterocycles. The number of nitrogens with zero attached hydrogens (tertiary/aromatic N) is 1.